The van der Waals surface area contributed by atoms with Crippen molar-refractivity contribution in [2.24, 2.45) is 0 Å². The van der Waals surface area contributed by atoms with Crippen molar-refractivity contribution in [2.45, 2.75) is 133 Å². The molecule has 24 nitrogen and oxygen atoms in total. The topological polar surface area (TPSA) is 376 Å². The zero-order chi connectivity index (χ0) is 68.3. The van der Waals surface area contributed by atoms with Gasteiger partial charge in [-0.3, -0.25) is 24.8 Å². The van der Waals surface area contributed by atoms with Crippen LogP contribution in [0.25, 0.3) is 32.7 Å². The number of fused-ring (bicyclic) bond motifs is 3. The predicted octanol–water partition coefficient (Wildman–Crippen LogP) is 9.20. The number of nitrogens with one attached hydrogen (secondary N) is 2. The number of nitriles is 3. The van der Waals surface area contributed by atoms with Gasteiger partial charge >= 0.3 is 11.9 Å². The largest absolute Gasteiger partial charge is 0.462 e. The zero-order valence-electron chi connectivity index (χ0n) is 54.3. The molecule has 1 amide bonds. The van der Waals surface area contributed by atoms with E-state index in [-0.39, 0.29) is 73.2 Å². The molecule has 0 saturated carbocycles. The highest BCUT2D eigenvalue weighted by atomic mass is 16.5. The molecule has 0 radical (unpaired) electrons. The number of carbonyl (C=O) groups excluding carboxylic acids is 3. The second-order valence-corrected chi connectivity index (χ2v) is 23.7. The number of aromatic amines is 1. The number of amides is 1. The van der Waals surface area contributed by atoms with E-state index < -0.39 is 34.6 Å². The van der Waals surface area contributed by atoms with Crippen molar-refractivity contribution in [3.8, 4) is 18.2 Å². The summed E-state index contributed by atoms with van der Waals surface area (Å²) in [5.74, 6) is -1.06. The third-order valence-electron chi connectivity index (χ3n) is 14.6. The Kier molecular flexibility index (Phi) is 22.0. The second kappa shape index (κ2) is 29.4. The lowest BCUT2D eigenvalue weighted by molar-refractivity contribution is 0.0516. The van der Waals surface area contributed by atoms with E-state index in [1.165, 1.54) is 28.0 Å². The van der Waals surface area contributed by atoms with Gasteiger partial charge in [-0.25, -0.2) is 23.9 Å². The molecular formula is C69H75N15O9. The predicted molar refractivity (Wildman–Crippen MR) is 348 cm³/mol. The molecule has 3 aromatic carbocycles. The number of hydrogen-bond donors (Lipinski definition) is 7. The summed E-state index contributed by atoms with van der Waals surface area (Å²) in [6, 6.07) is 25.1. The number of aliphatic hydroxyl groups is 4. The van der Waals surface area contributed by atoms with E-state index in [1.807, 2.05) is 95.3 Å². The molecule has 0 spiro atoms. The highest BCUT2D eigenvalue weighted by Crippen LogP contribution is 2.33. The van der Waals surface area contributed by atoms with Crippen molar-refractivity contribution < 1.29 is 44.3 Å². The molecule has 0 aliphatic heterocycles. The van der Waals surface area contributed by atoms with Gasteiger partial charge in [-0.05, 0) is 195 Å². The van der Waals surface area contributed by atoms with E-state index in [1.54, 1.807) is 86.1 Å². The minimum absolute atomic E-state index is 0.0348. The first kappa shape index (κ1) is 69.7. The average Bonchev–Trinajstić information content (AvgIpc) is 0.880. The summed E-state index contributed by atoms with van der Waals surface area (Å²) < 4.78 is 12.6. The molecule has 7 aromatic heterocycles. The van der Waals surface area contributed by atoms with E-state index in [0.717, 1.165) is 88.5 Å². The number of aliphatic hydroxyl groups excluding tert-OH is 1. The number of benzene rings is 3. The molecule has 0 atom stereocenters. The van der Waals surface area contributed by atoms with E-state index in [9.17, 15) is 45.3 Å². The highest BCUT2D eigenvalue weighted by Gasteiger charge is 2.26. The lowest BCUT2D eigenvalue weighted by Crippen LogP contribution is -2.24. The van der Waals surface area contributed by atoms with Crippen LogP contribution in [0.3, 0.4) is 0 Å². The third kappa shape index (κ3) is 17.0. The number of ether oxygens (including phenoxy) is 2. The summed E-state index contributed by atoms with van der Waals surface area (Å²) in [6.07, 6.45) is 9.35. The van der Waals surface area contributed by atoms with Gasteiger partial charge in [0.15, 0.2) is 11.4 Å². The lowest BCUT2D eigenvalue weighted by atomic mass is 9.93. The van der Waals surface area contributed by atoms with Gasteiger partial charge < -0.3 is 41.0 Å². The maximum Gasteiger partial charge on any atom is 0.342 e. The molecule has 0 fully saturated rings. The van der Waals surface area contributed by atoms with Gasteiger partial charge in [0, 0.05) is 63.7 Å². The molecular weight excluding hydrogens is 1180 g/mol. The van der Waals surface area contributed by atoms with Crippen molar-refractivity contribution in [2.75, 3.05) is 18.9 Å². The molecule has 8 N–H and O–H groups in total. The number of nitrogens with two attached hydrogens (primary N) is 1. The molecule has 0 unspecified atom stereocenters. The number of hydrogen-bond acceptors (Lipinski definition) is 20. The maximum absolute atomic E-state index is 12.9. The third-order valence-corrected chi connectivity index (χ3v) is 14.6. The molecule has 480 valence electrons. The van der Waals surface area contributed by atoms with Crippen LogP contribution in [0.1, 0.15) is 170 Å². The number of aryl methyl sites for hydroxylation is 5. The van der Waals surface area contributed by atoms with Crippen molar-refractivity contribution in [3.05, 3.63) is 199 Å². The van der Waals surface area contributed by atoms with Gasteiger partial charge in [0.2, 0.25) is 0 Å². The van der Waals surface area contributed by atoms with Crippen molar-refractivity contribution >= 4 is 56.4 Å². The van der Waals surface area contributed by atoms with Crippen molar-refractivity contribution in [1.82, 2.24) is 55.0 Å². The van der Waals surface area contributed by atoms with Crippen LogP contribution in [0.15, 0.2) is 97.8 Å². The van der Waals surface area contributed by atoms with Gasteiger partial charge in [0.1, 0.15) is 40.8 Å². The summed E-state index contributed by atoms with van der Waals surface area (Å²) in [7, 11) is 0. The second-order valence-electron chi connectivity index (χ2n) is 23.7. The molecule has 7 heterocycles. The number of esters is 2. The summed E-state index contributed by atoms with van der Waals surface area (Å²) in [5.41, 5.74) is 16.0. The number of carbonyl (C=O) groups is 3. The standard InChI is InChI=1S/C27H29N7O2.C21H22N4O3.C14H17NO2.C7H7N3O2/c1-15-6-19-8-18(9-22(27(4,5)36)25(19)30-11-15)14-34-23(10-28)21(13-32-34)26(35)31-12-20-16(2)7-24(29)33-17(20)3;1-5-28-20(26)16-11-24-25(18(16)9-22)12-14-7-15-6-13(2)10-23-19(15)17(8-14)21(3,4)27;1-9-4-11-5-10(8-16)6-12(14(2,3)17)13(11)15-7-9;1-2-12-7(11)5-4-9-10-6(5)3-8/h6-9,11,13,36H,12,14H2,1-5H3,(H2,29,33)(H,31,35);6-8,10-11,27H,5,12H2,1-4H3;4-7,16-17H,8H2,1-3H3;4H,2H2,1H3,(H,9,10). The van der Waals surface area contributed by atoms with E-state index >= 15 is 0 Å². The molecule has 0 saturated heterocycles. The normalized spacial score (nSPS) is 11.2. The minimum Gasteiger partial charge on any atom is -0.462 e. The van der Waals surface area contributed by atoms with E-state index in [4.69, 9.17) is 15.7 Å². The summed E-state index contributed by atoms with van der Waals surface area (Å²) in [4.78, 5) is 53.7. The Morgan fingerprint density at radius 2 is 1.00 bits per heavy atom. The molecule has 0 aliphatic rings. The smallest absolute Gasteiger partial charge is 0.342 e. The fourth-order valence-electron chi connectivity index (χ4n) is 10.2. The van der Waals surface area contributed by atoms with E-state index in [2.05, 4.69) is 56.5 Å². The summed E-state index contributed by atoms with van der Waals surface area (Å²) >= 11 is 0. The van der Waals surface area contributed by atoms with Crippen molar-refractivity contribution in [1.29, 1.82) is 15.8 Å². The Balaban J connectivity index is 0.000000189. The van der Waals surface area contributed by atoms with Crippen molar-refractivity contribution in [3.63, 3.8) is 0 Å². The van der Waals surface area contributed by atoms with Gasteiger partial charge in [-0.2, -0.15) is 31.1 Å². The Hall–Kier alpha value is -10.8. The summed E-state index contributed by atoms with van der Waals surface area (Å²) in [6.45, 7) is 24.6. The van der Waals surface area contributed by atoms with Crippen LogP contribution in [0, 0.1) is 68.6 Å². The number of pyridine rings is 4. The fourth-order valence-corrected chi connectivity index (χ4v) is 10.2. The molecule has 0 bridgehead atoms. The molecule has 10 aromatic rings. The van der Waals surface area contributed by atoms with Gasteiger partial charge in [0.05, 0.1) is 90.4 Å². The minimum atomic E-state index is -1.11. The Labute approximate surface area is 538 Å². The Morgan fingerprint density at radius 1 is 0.581 bits per heavy atom. The van der Waals surface area contributed by atoms with Gasteiger partial charge in [0.25, 0.3) is 5.91 Å². The summed E-state index contributed by atoms with van der Waals surface area (Å²) in [5, 5.41) is 88.7. The highest BCUT2D eigenvalue weighted by molar-refractivity contribution is 5.96. The quantitative estimate of drug-likeness (QED) is 0.0470. The monoisotopic (exact) mass is 1260 g/mol. The van der Waals surface area contributed by atoms with Gasteiger partial charge in [-0.15, -0.1) is 0 Å². The van der Waals surface area contributed by atoms with Crippen LogP contribution in [0.4, 0.5) is 5.82 Å². The van der Waals surface area contributed by atoms with Crippen LogP contribution in [-0.2, 0) is 52.5 Å². The number of rotatable bonds is 15. The molecule has 0 aliphatic carbocycles. The number of H-pyrrole nitrogens is 1. The van der Waals surface area contributed by atoms with Crippen LogP contribution in [0.2, 0.25) is 0 Å². The Bertz CT molecular complexity index is 4540. The number of anilines is 1. The lowest BCUT2D eigenvalue weighted by Gasteiger charge is -2.21. The van der Waals surface area contributed by atoms with E-state index in [0.29, 0.717) is 16.9 Å². The number of nitrogens with zero attached hydrogens (tertiary/aromatic N) is 12. The number of nitrogen functional groups attached to an aromatic ring is 1. The Morgan fingerprint density at radius 3 is 1.41 bits per heavy atom. The van der Waals surface area contributed by atoms with Crippen LogP contribution in [0.5, 0.6) is 0 Å². The van der Waals surface area contributed by atoms with Crippen LogP contribution < -0.4 is 11.1 Å². The maximum atomic E-state index is 12.9. The van der Waals surface area contributed by atoms with Crippen LogP contribution in [-0.4, -0.2) is 101 Å². The molecule has 93 heavy (non-hydrogen) atoms. The zero-order valence-corrected chi connectivity index (χ0v) is 54.3. The molecule has 24 heteroatoms. The SMILES string of the molecule is CCOC(=O)c1cn[nH]c1C#N.CCOC(=O)c1cnn(Cc2cc(C(C)(C)O)c3ncc(C)cc3c2)c1C#N.Cc1cnc2c(C(C)(C)O)cc(CO)cc2c1.Cc1cnc2c(C(C)(C)O)cc(Cn3ncc(C(=O)NCc4c(C)cc(N)nc4C)c3C#N)cc2c1. The van der Waals surface area contributed by atoms with Crippen LogP contribution >= 0.6 is 0 Å². The first-order valence-electron chi connectivity index (χ1n) is 29.6. The fraction of sp³-hybridized carbons (Fsp3) is 0.319. The number of aromatic nitrogens is 10. The first-order valence-corrected chi connectivity index (χ1v) is 29.6. The first-order chi connectivity index (χ1) is 43.9. The molecule has 10 rings (SSSR count). The average molecular weight is 1260 g/mol. The van der Waals surface area contributed by atoms with Gasteiger partial charge in [-0.1, -0.05) is 0 Å².